The standard InChI is InChI=1S/C42H49N3O11/c1-19-13-12-14-20(2)41(52)44-32-33-31(43-27-15-10-11-17-45(27)33)28-29(37(32)50)36(49)24(6)39-30(28)40(51)42(8,56-39)54-18-16-26(53-9)21(3)38(55-25(7)46)23(5)35(48)22(4)34(19)47/h10-19,21-23,26,34-35,38,47-50H,1-9H3,(H,44,52)/b13-12+,18-16+,20-14-. The molecule has 9 unspecified atom stereocenters. The number of fused-ring (bicyclic) bond motifs is 2. The lowest BCUT2D eigenvalue weighted by atomic mass is 9.78. The molecule has 5 N–H and O–H groups in total. The van der Waals surface area contributed by atoms with Gasteiger partial charge in [-0.3, -0.25) is 18.8 Å². The summed E-state index contributed by atoms with van der Waals surface area (Å²) in [6.45, 7) is 12.8. The van der Waals surface area contributed by atoms with E-state index in [4.69, 9.17) is 23.9 Å². The number of esters is 1. The number of nitrogens with one attached hydrogen (secondary N) is 1. The number of pyridine rings is 1. The van der Waals surface area contributed by atoms with E-state index < -0.39 is 77.3 Å². The number of carbonyl (C=O) groups excluding carboxylic acids is 3. The highest BCUT2D eigenvalue weighted by Gasteiger charge is 2.49. The SMILES string of the molecule is COC1/C=C/OC2(C)Oc3c(C)c(O)c4c(O)c(c5c(nc6ccccn65)c4c3C2=O)NC(=O)/C(C)=C\C=C\C(C)C(O)C(C)C(O)C(C)C(OC(C)=O)C1C. The van der Waals surface area contributed by atoms with Gasteiger partial charge in [0.1, 0.15) is 40.0 Å². The summed E-state index contributed by atoms with van der Waals surface area (Å²) in [4.78, 5) is 45.4. The Kier molecular flexibility index (Phi) is 11.0. The maximum absolute atomic E-state index is 14.5. The van der Waals surface area contributed by atoms with Crippen molar-refractivity contribution in [3.05, 3.63) is 71.7 Å². The average Bonchev–Trinajstić information content (AvgIpc) is 3.68. The highest BCUT2D eigenvalue weighted by atomic mass is 16.7. The Bertz CT molecular complexity index is 2330. The van der Waals surface area contributed by atoms with Crippen LogP contribution in [0, 0.1) is 30.6 Å². The molecule has 2 aromatic heterocycles. The van der Waals surface area contributed by atoms with Crippen LogP contribution in [0.25, 0.3) is 27.5 Å². The van der Waals surface area contributed by atoms with Crippen molar-refractivity contribution in [3.63, 3.8) is 0 Å². The first kappa shape index (κ1) is 40.2. The number of rotatable bonds is 2. The Morgan fingerprint density at radius 3 is 2.38 bits per heavy atom. The van der Waals surface area contributed by atoms with Gasteiger partial charge >= 0.3 is 11.8 Å². The minimum Gasteiger partial charge on any atom is -0.507 e. The van der Waals surface area contributed by atoms with Crippen LogP contribution in [0.2, 0.25) is 0 Å². The van der Waals surface area contributed by atoms with Crippen molar-refractivity contribution in [2.24, 2.45) is 23.7 Å². The molecule has 56 heavy (non-hydrogen) atoms. The van der Waals surface area contributed by atoms with Gasteiger partial charge in [-0.1, -0.05) is 52.0 Å². The molecule has 14 heteroatoms. The molecule has 0 saturated heterocycles. The van der Waals surface area contributed by atoms with Gasteiger partial charge in [0.2, 0.25) is 0 Å². The summed E-state index contributed by atoms with van der Waals surface area (Å²) in [5.41, 5.74) is 1.27. The summed E-state index contributed by atoms with van der Waals surface area (Å²) in [5.74, 6) is -6.96. The number of ketones is 1. The second-order valence-corrected chi connectivity index (χ2v) is 15.1. The number of hydrogen-bond donors (Lipinski definition) is 5. The lowest BCUT2D eigenvalue weighted by molar-refractivity contribution is -0.160. The van der Waals surface area contributed by atoms with Crippen LogP contribution in [-0.4, -0.2) is 84.8 Å². The number of imidazole rings is 1. The average molecular weight is 772 g/mol. The Hall–Kier alpha value is -5.44. The molecule has 14 nitrogen and oxygen atoms in total. The molecule has 4 aromatic rings. The van der Waals surface area contributed by atoms with E-state index in [0.29, 0.717) is 5.65 Å². The first-order chi connectivity index (χ1) is 26.4. The molecule has 2 aromatic carbocycles. The summed E-state index contributed by atoms with van der Waals surface area (Å²) in [6, 6.07) is 5.24. The maximum Gasteiger partial charge on any atom is 0.312 e. The van der Waals surface area contributed by atoms with Crippen LogP contribution in [0.5, 0.6) is 17.2 Å². The number of aliphatic hydroxyl groups excluding tert-OH is 2. The fourth-order valence-corrected chi connectivity index (χ4v) is 7.88. The third kappa shape index (κ3) is 6.75. The Morgan fingerprint density at radius 2 is 1.70 bits per heavy atom. The molecule has 4 bridgehead atoms. The third-order valence-electron chi connectivity index (χ3n) is 11.3. The molecule has 0 aliphatic carbocycles. The second-order valence-electron chi connectivity index (χ2n) is 15.1. The number of aliphatic hydroxyl groups is 2. The summed E-state index contributed by atoms with van der Waals surface area (Å²) >= 11 is 0. The number of anilines is 1. The molecule has 9 atom stereocenters. The molecule has 0 spiro atoms. The highest BCUT2D eigenvalue weighted by molar-refractivity contribution is 6.28. The van der Waals surface area contributed by atoms with Gasteiger partial charge in [0, 0.05) is 67.3 Å². The number of hydrogen-bond acceptors (Lipinski definition) is 12. The van der Waals surface area contributed by atoms with E-state index in [-0.39, 0.29) is 55.7 Å². The zero-order valence-electron chi connectivity index (χ0n) is 32.9. The van der Waals surface area contributed by atoms with E-state index in [2.05, 4.69) is 5.32 Å². The van der Waals surface area contributed by atoms with Gasteiger partial charge in [0.15, 0.2) is 5.75 Å². The Balaban J connectivity index is 1.57. The number of nitrogens with zero attached hydrogens (tertiary/aromatic N) is 2. The zero-order valence-corrected chi connectivity index (χ0v) is 32.9. The van der Waals surface area contributed by atoms with Crippen LogP contribution in [0.1, 0.15) is 64.4 Å². The molecule has 298 valence electrons. The van der Waals surface area contributed by atoms with E-state index >= 15 is 0 Å². The summed E-state index contributed by atoms with van der Waals surface area (Å²) in [6.07, 6.45) is 5.58. The number of benzene rings is 2. The topological polar surface area (TPSA) is 198 Å². The molecule has 6 rings (SSSR count). The number of allylic oxidation sites excluding steroid dienone is 2. The number of aromatic nitrogens is 2. The van der Waals surface area contributed by atoms with Crippen molar-refractivity contribution < 1.29 is 53.8 Å². The maximum atomic E-state index is 14.5. The van der Waals surface area contributed by atoms with Crippen molar-refractivity contribution in [3.8, 4) is 17.2 Å². The Labute approximate surface area is 324 Å². The highest BCUT2D eigenvalue weighted by Crippen LogP contribution is 2.54. The normalized spacial score (nSPS) is 31.2. The van der Waals surface area contributed by atoms with Gasteiger partial charge in [-0.25, -0.2) is 4.98 Å². The molecule has 2 aliphatic heterocycles. The third-order valence-corrected chi connectivity index (χ3v) is 11.3. The second kappa shape index (κ2) is 15.2. The molecular weight excluding hydrogens is 722 g/mol. The van der Waals surface area contributed by atoms with Crippen molar-refractivity contribution in [1.29, 1.82) is 0 Å². The van der Waals surface area contributed by atoms with Gasteiger partial charge < -0.3 is 44.7 Å². The number of amides is 1. The van der Waals surface area contributed by atoms with E-state index in [9.17, 15) is 34.8 Å². The van der Waals surface area contributed by atoms with Gasteiger partial charge in [-0.15, -0.1) is 0 Å². The lowest BCUT2D eigenvalue weighted by Gasteiger charge is -2.38. The predicted molar refractivity (Wildman–Crippen MR) is 208 cm³/mol. The van der Waals surface area contributed by atoms with Crippen LogP contribution >= 0.6 is 0 Å². The van der Waals surface area contributed by atoms with Crippen LogP contribution in [-0.2, 0) is 23.8 Å². The number of phenolic OH excluding ortho intramolecular Hbond substituents is 2. The fraction of sp³-hybridized carbons (Fsp3) is 0.429. The number of phenols is 2. The van der Waals surface area contributed by atoms with Crippen LogP contribution in [0.15, 0.2) is 60.5 Å². The number of ether oxygens (including phenoxy) is 4. The summed E-state index contributed by atoms with van der Waals surface area (Å²) < 4.78 is 25.4. The molecule has 0 saturated carbocycles. The minimum absolute atomic E-state index is 0.0169. The number of carbonyl (C=O) groups is 3. The fourth-order valence-electron chi connectivity index (χ4n) is 7.88. The molecule has 4 heterocycles. The molecule has 2 aliphatic rings. The molecule has 0 fully saturated rings. The van der Waals surface area contributed by atoms with Crippen LogP contribution in [0.4, 0.5) is 5.69 Å². The first-order valence-corrected chi connectivity index (χ1v) is 18.5. The minimum atomic E-state index is -1.95. The lowest BCUT2D eigenvalue weighted by Crippen LogP contribution is -2.46. The number of aromatic hydroxyl groups is 2. The van der Waals surface area contributed by atoms with Gasteiger partial charge in [-0.2, -0.15) is 0 Å². The van der Waals surface area contributed by atoms with Crippen LogP contribution < -0.4 is 10.1 Å². The van der Waals surface area contributed by atoms with Gasteiger partial charge in [0.25, 0.3) is 11.7 Å². The van der Waals surface area contributed by atoms with Crippen molar-refractivity contribution in [2.75, 3.05) is 12.4 Å². The molecular formula is C42H49N3O11. The van der Waals surface area contributed by atoms with Crippen molar-refractivity contribution in [1.82, 2.24) is 9.38 Å². The quantitative estimate of drug-likeness (QED) is 0.121. The van der Waals surface area contributed by atoms with Crippen molar-refractivity contribution in [2.45, 2.75) is 85.6 Å². The largest absolute Gasteiger partial charge is 0.507 e. The Morgan fingerprint density at radius 1 is 0.982 bits per heavy atom. The smallest absolute Gasteiger partial charge is 0.312 e. The zero-order chi connectivity index (χ0) is 41.0. The predicted octanol–water partition coefficient (Wildman–Crippen LogP) is 5.85. The number of Topliss-reactive ketones (excluding diaryl/α,β-unsaturated/α-hetero) is 1. The molecule has 1 amide bonds. The number of methoxy groups -OCH3 is 1. The van der Waals surface area contributed by atoms with E-state index in [1.807, 2.05) is 0 Å². The monoisotopic (exact) mass is 771 g/mol. The van der Waals surface area contributed by atoms with E-state index in [1.165, 1.54) is 40.2 Å². The van der Waals surface area contributed by atoms with Crippen molar-refractivity contribution >= 4 is 50.8 Å². The summed E-state index contributed by atoms with van der Waals surface area (Å²) in [5, 5.41) is 49.2. The van der Waals surface area contributed by atoms with Crippen LogP contribution in [0.3, 0.4) is 0 Å². The van der Waals surface area contributed by atoms with Gasteiger partial charge in [-0.05, 0) is 32.1 Å². The molecule has 0 radical (unpaired) electrons. The van der Waals surface area contributed by atoms with E-state index in [0.717, 1.165) is 0 Å². The summed E-state index contributed by atoms with van der Waals surface area (Å²) in [7, 11) is 1.46. The van der Waals surface area contributed by atoms with Gasteiger partial charge in [0.05, 0.1) is 35.5 Å². The van der Waals surface area contributed by atoms with E-state index in [1.54, 1.807) is 81.6 Å². The first-order valence-electron chi connectivity index (χ1n) is 18.5.